The first-order valence-electron chi connectivity index (χ1n) is 5.96. The van der Waals surface area contributed by atoms with Crippen LogP contribution in [0.2, 0.25) is 0 Å². The molecule has 0 atom stereocenters. The molecular weight excluding hydrogens is 238 g/mol. The molecule has 1 fully saturated rings. The maximum Gasteiger partial charge on any atom is 0.304 e. The fourth-order valence-corrected chi connectivity index (χ4v) is 2.55. The first-order chi connectivity index (χ1) is 8.26. The smallest absolute Gasteiger partial charge is 0.304 e. The number of rotatable bonds is 4. The van der Waals surface area contributed by atoms with Gasteiger partial charge in [0.2, 0.25) is 0 Å². The molecule has 0 bridgehead atoms. The van der Waals surface area contributed by atoms with Crippen LogP contribution in [0.5, 0.6) is 0 Å². The van der Waals surface area contributed by atoms with Crippen LogP contribution in [0, 0.1) is 5.82 Å². The van der Waals surface area contributed by atoms with E-state index in [-0.39, 0.29) is 12.0 Å². The van der Waals surface area contributed by atoms with Gasteiger partial charge < -0.3 is 5.11 Å². The van der Waals surface area contributed by atoms with Crippen molar-refractivity contribution in [2.45, 2.75) is 44.2 Å². The molecule has 1 aliphatic carbocycles. The standard InChI is InChI=1S/C14H16F2O2/c1-13(2,16)12-9(4-3-5-10(12)15)14(6-7-14)8-11(17)18/h3-5H,6-8H2,1-2H3,(H,17,18). The molecule has 0 unspecified atom stereocenters. The number of carbonyl (C=O) groups is 1. The van der Waals surface area contributed by atoms with E-state index in [1.54, 1.807) is 6.07 Å². The molecule has 1 aliphatic rings. The maximum atomic E-state index is 14.2. The predicted octanol–water partition coefficient (Wildman–Crippen LogP) is 3.54. The Kier molecular flexibility index (Phi) is 2.92. The SMILES string of the molecule is CC(C)(F)c1c(F)cccc1C1(CC(=O)O)CC1. The van der Waals surface area contributed by atoms with Gasteiger partial charge in [-0.15, -0.1) is 0 Å². The molecule has 0 aromatic heterocycles. The lowest BCUT2D eigenvalue weighted by Crippen LogP contribution is -2.22. The van der Waals surface area contributed by atoms with E-state index in [2.05, 4.69) is 0 Å². The minimum atomic E-state index is -1.81. The van der Waals surface area contributed by atoms with Crippen LogP contribution in [0.3, 0.4) is 0 Å². The number of halogens is 2. The lowest BCUT2D eigenvalue weighted by Gasteiger charge is -2.24. The Hall–Kier alpha value is -1.45. The van der Waals surface area contributed by atoms with Gasteiger partial charge in [-0.3, -0.25) is 4.79 Å². The van der Waals surface area contributed by atoms with Gasteiger partial charge in [0.25, 0.3) is 0 Å². The molecule has 0 aliphatic heterocycles. The minimum absolute atomic E-state index is 0.00347. The summed E-state index contributed by atoms with van der Waals surface area (Å²) in [5, 5.41) is 8.93. The summed E-state index contributed by atoms with van der Waals surface area (Å²) in [7, 11) is 0. The van der Waals surface area contributed by atoms with Gasteiger partial charge in [-0.1, -0.05) is 12.1 Å². The van der Waals surface area contributed by atoms with Crippen LogP contribution in [-0.2, 0) is 15.9 Å². The van der Waals surface area contributed by atoms with Crippen molar-refractivity contribution in [1.82, 2.24) is 0 Å². The molecule has 1 saturated carbocycles. The van der Waals surface area contributed by atoms with Crippen molar-refractivity contribution in [1.29, 1.82) is 0 Å². The van der Waals surface area contributed by atoms with Crippen LogP contribution in [-0.4, -0.2) is 11.1 Å². The Morgan fingerprint density at radius 1 is 1.44 bits per heavy atom. The number of hydrogen-bond acceptors (Lipinski definition) is 1. The van der Waals surface area contributed by atoms with E-state index in [1.807, 2.05) is 0 Å². The maximum absolute atomic E-state index is 14.2. The zero-order valence-electron chi connectivity index (χ0n) is 10.5. The molecule has 0 radical (unpaired) electrons. The fourth-order valence-electron chi connectivity index (χ4n) is 2.55. The largest absolute Gasteiger partial charge is 0.481 e. The second-order valence-corrected chi connectivity index (χ2v) is 5.49. The third-order valence-corrected chi connectivity index (χ3v) is 3.52. The van der Waals surface area contributed by atoms with Crippen molar-refractivity contribution in [2.75, 3.05) is 0 Å². The summed E-state index contributed by atoms with van der Waals surface area (Å²) < 4.78 is 28.0. The monoisotopic (exact) mass is 254 g/mol. The van der Waals surface area contributed by atoms with E-state index < -0.39 is 22.9 Å². The Labute approximate surface area is 105 Å². The van der Waals surface area contributed by atoms with E-state index in [9.17, 15) is 13.6 Å². The molecule has 2 nitrogen and oxygen atoms in total. The summed E-state index contributed by atoms with van der Waals surface area (Å²) in [4.78, 5) is 10.9. The van der Waals surface area contributed by atoms with Gasteiger partial charge in [-0.05, 0) is 38.3 Å². The molecule has 1 N–H and O–H groups in total. The average molecular weight is 254 g/mol. The number of alkyl halides is 1. The molecule has 1 aromatic rings. The number of carboxylic acids is 1. The van der Waals surface area contributed by atoms with E-state index in [1.165, 1.54) is 26.0 Å². The minimum Gasteiger partial charge on any atom is -0.481 e. The Morgan fingerprint density at radius 3 is 2.50 bits per heavy atom. The Balaban J connectivity index is 2.52. The van der Waals surface area contributed by atoms with Gasteiger partial charge in [0.1, 0.15) is 11.5 Å². The van der Waals surface area contributed by atoms with E-state index in [4.69, 9.17) is 5.11 Å². The molecule has 98 valence electrons. The first kappa shape index (κ1) is 13.0. The third kappa shape index (κ3) is 2.24. The highest BCUT2D eigenvalue weighted by atomic mass is 19.1. The summed E-state index contributed by atoms with van der Waals surface area (Å²) in [6.07, 6.45) is 1.27. The predicted molar refractivity (Wildman–Crippen MR) is 63.7 cm³/mol. The molecule has 0 spiro atoms. The van der Waals surface area contributed by atoms with Gasteiger partial charge in [-0.2, -0.15) is 0 Å². The molecule has 1 aromatic carbocycles. The molecule has 0 heterocycles. The van der Waals surface area contributed by atoms with Gasteiger partial charge in [0.15, 0.2) is 0 Å². The second kappa shape index (κ2) is 4.04. The van der Waals surface area contributed by atoms with Crippen LogP contribution in [0.25, 0.3) is 0 Å². The van der Waals surface area contributed by atoms with Crippen molar-refractivity contribution in [3.8, 4) is 0 Å². The van der Waals surface area contributed by atoms with E-state index >= 15 is 0 Å². The van der Waals surface area contributed by atoms with Gasteiger partial charge in [0, 0.05) is 11.0 Å². The summed E-state index contributed by atoms with van der Waals surface area (Å²) in [5.41, 5.74) is -1.87. The van der Waals surface area contributed by atoms with Crippen LogP contribution in [0.4, 0.5) is 8.78 Å². The van der Waals surface area contributed by atoms with E-state index in [0.717, 1.165) is 0 Å². The number of aliphatic carboxylic acids is 1. The average Bonchev–Trinajstić information content (AvgIpc) is 2.95. The summed E-state index contributed by atoms with van der Waals surface area (Å²) in [6.45, 7) is 2.59. The normalized spacial score (nSPS) is 17.6. The summed E-state index contributed by atoms with van der Waals surface area (Å²) >= 11 is 0. The topological polar surface area (TPSA) is 37.3 Å². The van der Waals surface area contributed by atoms with Crippen molar-refractivity contribution in [2.24, 2.45) is 0 Å². The third-order valence-electron chi connectivity index (χ3n) is 3.52. The molecular formula is C14H16F2O2. The fraction of sp³-hybridized carbons (Fsp3) is 0.500. The first-order valence-corrected chi connectivity index (χ1v) is 5.96. The second-order valence-electron chi connectivity index (χ2n) is 5.49. The molecule has 18 heavy (non-hydrogen) atoms. The van der Waals surface area contributed by atoms with Crippen LogP contribution >= 0.6 is 0 Å². The van der Waals surface area contributed by atoms with Crippen LogP contribution in [0.15, 0.2) is 18.2 Å². The highest BCUT2D eigenvalue weighted by Crippen LogP contribution is 2.54. The van der Waals surface area contributed by atoms with E-state index in [0.29, 0.717) is 18.4 Å². The Bertz CT molecular complexity index is 485. The zero-order chi connectivity index (χ0) is 13.6. The van der Waals surface area contributed by atoms with Gasteiger partial charge in [0.05, 0.1) is 6.42 Å². The zero-order valence-corrected chi connectivity index (χ0v) is 10.5. The number of carboxylic acid groups (broad SMARTS) is 1. The number of hydrogen-bond donors (Lipinski definition) is 1. The highest BCUT2D eigenvalue weighted by molar-refractivity contribution is 5.70. The van der Waals surface area contributed by atoms with Crippen molar-refractivity contribution >= 4 is 5.97 Å². The van der Waals surface area contributed by atoms with Crippen LogP contribution in [0.1, 0.15) is 44.2 Å². The lowest BCUT2D eigenvalue weighted by molar-refractivity contribution is -0.137. The van der Waals surface area contributed by atoms with Crippen molar-refractivity contribution < 1.29 is 18.7 Å². The number of benzene rings is 1. The molecule has 2 rings (SSSR count). The summed E-state index contributed by atoms with van der Waals surface area (Å²) in [5.74, 6) is -1.53. The quantitative estimate of drug-likeness (QED) is 0.892. The van der Waals surface area contributed by atoms with Gasteiger partial charge in [-0.25, -0.2) is 8.78 Å². The lowest BCUT2D eigenvalue weighted by atomic mass is 9.83. The Morgan fingerprint density at radius 2 is 2.06 bits per heavy atom. The molecule has 0 saturated heterocycles. The van der Waals surface area contributed by atoms with Crippen molar-refractivity contribution in [3.63, 3.8) is 0 Å². The molecule has 4 heteroatoms. The molecule has 0 amide bonds. The van der Waals surface area contributed by atoms with Crippen LogP contribution < -0.4 is 0 Å². The summed E-state index contributed by atoms with van der Waals surface area (Å²) in [6, 6.07) is 4.38. The van der Waals surface area contributed by atoms with Gasteiger partial charge >= 0.3 is 5.97 Å². The highest BCUT2D eigenvalue weighted by Gasteiger charge is 2.49. The van der Waals surface area contributed by atoms with Crippen molar-refractivity contribution in [3.05, 3.63) is 35.1 Å².